The van der Waals surface area contributed by atoms with Crippen LogP contribution in [0.5, 0.6) is 28.7 Å². The standard InChI is InChI=1S/C31H30N2O12/c1-39-21-8-15(9-22(40-2)30(21)41-3)27-16-10-19-20(44-14-43-19)11-17(16)29(18-13-42-31(38)28(18)27)45-26(37)12-32-23(34)6-7-33-24(35)4-5-25(33)36/h4-5,8-11,18,27-29H,6-7,12-14H2,1-3H3,(H,32,34)/t18-,27+,28-,29-/m0/s1. The summed E-state index contributed by atoms with van der Waals surface area (Å²) in [5.41, 5.74) is 1.93. The van der Waals surface area contributed by atoms with E-state index in [-0.39, 0.29) is 26.4 Å². The molecule has 0 unspecified atom stereocenters. The molecule has 14 nitrogen and oxygen atoms in total. The molecular weight excluding hydrogens is 592 g/mol. The lowest BCUT2D eigenvalue weighted by molar-refractivity contribution is -0.154. The molecule has 1 aliphatic carbocycles. The van der Waals surface area contributed by atoms with Crippen LogP contribution in [0.2, 0.25) is 0 Å². The maximum absolute atomic E-state index is 13.3. The Morgan fingerprint density at radius 1 is 0.889 bits per heavy atom. The van der Waals surface area contributed by atoms with Crippen LogP contribution in [0.4, 0.5) is 0 Å². The van der Waals surface area contributed by atoms with E-state index in [0.29, 0.717) is 45.4 Å². The van der Waals surface area contributed by atoms with Crippen LogP contribution < -0.4 is 29.0 Å². The van der Waals surface area contributed by atoms with Crippen molar-refractivity contribution < 1.29 is 57.1 Å². The van der Waals surface area contributed by atoms with Gasteiger partial charge in [0.15, 0.2) is 23.0 Å². The van der Waals surface area contributed by atoms with Crippen molar-refractivity contribution in [2.24, 2.45) is 11.8 Å². The number of carbonyl (C=O) groups is 5. The molecule has 3 aliphatic heterocycles. The van der Waals surface area contributed by atoms with Gasteiger partial charge in [-0.1, -0.05) is 0 Å². The van der Waals surface area contributed by atoms with E-state index in [1.165, 1.54) is 21.3 Å². The quantitative estimate of drug-likeness (QED) is 0.300. The predicted molar refractivity (Wildman–Crippen MR) is 151 cm³/mol. The summed E-state index contributed by atoms with van der Waals surface area (Å²) in [7, 11) is 4.49. The molecule has 4 aliphatic rings. The molecule has 2 aromatic rings. The van der Waals surface area contributed by atoms with Crippen LogP contribution in [0.25, 0.3) is 0 Å². The van der Waals surface area contributed by atoms with E-state index in [1.807, 2.05) is 0 Å². The average molecular weight is 623 g/mol. The topological polar surface area (TPSA) is 165 Å². The molecule has 14 heteroatoms. The fourth-order valence-corrected chi connectivity index (χ4v) is 6.25. The normalized spacial score (nSPS) is 22.5. The molecule has 0 bridgehead atoms. The maximum atomic E-state index is 13.3. The van der Waals surface area contributed by atoms with Crippen LogP contribution in [0.3, 0.4) is 0 Å². The molecule has 0 spiro atoms. The molecule has 45 heavy (non-hydrogen) atoms. The van der Waals surface area contributed by atoms with E-state index >= 15 is 0 Å². The van der Waals surface area contributed by atoms with Crippen LogP contribution in [-0.2, 0) is 33.4 Å². The van der Waals surface area contributed by atoms with Gasteiger partial charge in [-0.3, -0.25) is 28.9 Å². The molecule has 1 saturated heterocycles. The third-order valence-corrected chi connectivity index (χ3v) is 8.32. The van der Waals surface area contributed by atoms with Crippen molar-refractivity contribution in [2.45, 2.75) is 18.4 Å². The minimum absolute atomic E-state index is 0.00312. The van der Waals surface area contributed by atoms with Crippen LogP contribution in [0.1, 0.15) is 35.1 Å². The molecule has 1 fully saturated rings. The second-order valence-electron chi connectivity index (χ2n) is 10.7. The Kier molecular flexibility index (Phi) is 7.96. The number of benzene rings is 2. The summed E-state index contributed by atoms with van der Waals surface area (Å²) in [4.78, 5) is 63.2. The number of rotatable bonds is 10. The lowest BCUT2D eigenvalue weighted by Gasteiger charge is -2.38. The van der Waals surface area contributed by atoms with Gasteiger partial charge in [0, 0.05) is 42.5 Å². The Morgan fingerprint density at radius 2 is 1.53 bits per heavy atom. The van der Waals surface area contributed by atoms with Gasteiger partial charge in [-0.05, 0) is 35.4 Å². The molecule has 236 valence electrons. The van der Waals surface area contributed by atoms with Crippen molar-refractivity contribution in [2.75, 3.05) is 47.8 Å². The molecule has 6 rings (SSSR count). The first-order valence-electron chi connectivity index (χ1n) is 14.1. The van der Waals surface area contributed by atoms with Crippen molar-refractivity contribution >= 4 is 29.7 Å². The number of nitrogens with one attached hydrogen (secondary N) is 1. The van der Waals surface area contributed by atoms with Crippen LogP contribution in [0, 0.1) is 11.8 Å². The van der Waals surface area contributed by atoms with Crippen molar-refractivity contribution in [3.8, 4) is 28.7 Å². The first-order valence-corrected chi connectivity index (χ1v) is 14.1. The highest BCUT2D eigenvalue weighted by Gasteiger charge is 2.54. The second kappa shape index (κ2) is 12.0. The fourth-order valence-electron chi connectivity index (χ4n) is 6.25. The Bertz CT molecular complexity index is 1570. The molecule has 1 N–H and O–H groups in total. The van der Waals surface area contributed by atoms with Crippen LogP contribution in [0.15, 0.2) is 36.4 Å². The van der Waals surface area contributed by atoms with Crippen molar-refractivity contribution in [1.29, 1.82) is 0 Å². The number of fused-ring (bicyclic) bond motifs is 3. The van der Waals surface area contributed by atoms with E-state index in [4.69, 9.17) is 33.2 Å². The van der Waals surface area contributed by atoms with Gasteiger partial charge < -0.3 is 38.5 Å². The van der Waals surface area contributed by atoms with Gasteiger partial charge >= 0.3 is 11.9 Å². The highest BCUT2D eigenvalue weighted by atomic mass is 16.7. The lowest BCUT2D eigenvalue weighted by Crippen LogP contribution is -2.39. The van der Waals surface area contributed by atoms with Gasteiger partial charge in [-0.15, -0.1) is 0 Å². The number of ether oxygens (including phenoxy) is 7. The zero-order valence-electron chi connectivity index (χ0n) is 24.7. The minimum Gasteiger partial charge on any atom is -0.493 e. The SMILES string of the molecule is COc1cc([C@@H]2c3cc4c(cc3[C@H](OC(=O)CNC(=O)CCN3C(=O)C=CC3=O)[C@H]3COC(=O)[C@H]23)OCO4)cc(OC)c1OC. The highest BCUT2D eigenvalue weighted by Crippen LogP contribution is 2.56. The van der Waals surface area contributed by atoms with Gasteiger partial charge in [0.05, 0.1) is 33.9 Å². The third kappa shape index (κ3) is 5.36. The fraction of sp³-hybridized carbons (Fsp3) is 0.387. The van der Waals surface area contributed by atoms with E-state index in [1.54, 1.807) is 24.3 Å². The Hall–Kier alpha value is -5.27. The Morgan fingerprint density at radius 3 is 2.16 bits per heavy atom. The number of imide groups is 1. The molecule has 4 atom stereocenters. The maximum Gasteiger partial charge on any atom is 0.326 e. The van der Waals surface area contributed by atoms with Crippen LogP contribution >= 0.6 is 0 Å². The van der Waals surface area contributed by atoms with Crippen molar-refractivity contribution in [1.82, 2.24) is 10.2 Å². The lowest BCUT2D eigenvalue weighted by atomic mass is 9.66. The number of carbonyl (C=O) groups excluding carboxylic acids is 5. The second-order valence-corrected chi connectivity index (χ2v) is 10.7. The number of nitrogens with zero attached hydrogens (tertiary/aromatic N) is 1. The molecule has 0 saturated carbocycles. The number of hydrogen-bond donors (Lipinski definition) is 1. The summed E-state index contributed by atoms with van der Waals surface area (Å²) < 4.78 is 39.4. The molecule has 3 heterocycles. The average Bonchev–Trinajstić information content (AvgIpc) is 3.75. The van der Waals surface area contributed by atoms with Gasteiger partial charge in [-0.2, -0.15) is 0 Å². The van der Waals surface area contributed by atoms with Gasteiger partial charge in [0.2, 0.25) is 18.4 Å². The van der Waals surface area contributed by atoms with Crippen molar-refractivity contribution in [3.05, 3.63) is 53.1 Å². The summed E-state index contributed by atoms with van der Waals surface area (Å²) >= 11 is 0. The predicted octanol–water partition coefficient (Wildman–Crippen LogP) is 1.39. The number of hydrogen-bond acceptors (Lipinski definition) is 12. The summed E-state index contributed by atoms with van der Waals surface area (Å²) in [5, 5.41) is 2.46. The van der Waals surface area contributed by atoms with Crippen molar-refractivity contribution in [3.63, 3.8) is 0 Å². The highest BCUT2D eigenvalue weighted by molar-refractivity contribution is 6.13. The number of methoxy groups -OCH3 is 3. The van der Waals surface area contributed by atoms with Gasteiger partial charge in [0.25, 0.3) is 11.8 Å². The Labute approximate surface area is 257 Å². The number of cyclic esters (lactones) is 1. The zero-order chi connectivity index (χ0) is 31.8. The number of amides is 3. The summed E-state index contributed by atoms with van der Waals surface area (Å²) in [6, 6.07) is 7.04. The Balaban J connectivity index is 1.28. The minimum atomic E-state index is -0.917. The molecular formula is C31H30N2O12. The van der Waals surface area contributed by atoms with E-state index in [0.717, 1.165) is 17.1 Å². The van der Waals surface area contributed by atoms with Crippen LogP contribution in [-0.4, -0.2) is 82.4 Å². The first kappa shape index (κ1) is 29.8. The van der Waals surface area contributed by atoms with E-state index in [9.17, 15) is 24.0 Å². The molecule has 0 aromatic heterocycles. The largest absolute Gasteiger partial charge is 0.493 e. The molecule has 2 aromatic carbocycles. The number of esters is 2. The first-order chi connectivity index (χ1) is 21.7. The molecule has 0 radical (unpaired) electrons. The van der Waals surface area contributed by atoms with Gasteiger partial charge in [-0.25, -0.2) is 0 Å². The monoisotopic (exact) mass is 622 g/mol. The summed E-state index contributed by atoms with van der Waals surface area (Å²) in [6.07, 6.45) is 1.15. The van der Waals surface area contributed by atoms with E-state index < -0.39 is 60.1 Å². The molecule has 3 amide bonds. The smallest absolute Gasteiger partial charge is 0.326 e. The van der Waals surface area contributed by atoms with E-state index in [2.05, 4.69) is 5.32 Å². The zero-order valence-corrected chi connectivity index (χ0v) is 24.7. The summed E-state index contributed by atoms with van der Waals surface area (Å²) in [6.45, 7) is -0.601. The summed E-state index contributed by atoms with van der Waals surface area (Å²) in [5.74, 6) is -2.55. The third-order valence-electron chi connectivity index (χ3n) is 8.32. The van der Waals surface area contributed by atoms with Gasteiger partial charge in [0.1, 0.15) is 12.6 Å².